The number of anilines is 1. The van der Waals surface area contributed by atoms with Crippen LogP contribution in [-0.4, -0.2) is 28.5 Å². The molecule has 1 amide bonds. The van der Waals surface area contributed by atoms with E-state index in [0.717, 1.165) is 15.3 Å². The molecule has 0 unspecified atom stereocenters. The van der Waals surface area contributed by atoms with Gasteiger partial charge in [0.15, 0.2) is 6.61 Å². The van der Waals surface area contributed by atoms with Crippen molar-refractivity contribution in [3.8, 4) is 0 Å². The lowest BCUT2D eigenvalue weighted by Gasteiger charge is -2.09. The molecule has 0 radical (unpaired) electrons. The molecule has 0 spiro atoms. The molecule has 0 fully saturated rings. The zero-order valence-electron chi connectivity index (χ0n) is 11.9. The molecule has 0 aliphatic rings. The Hall–Kier alpha value is -2.43. The van der Waals surface area contributed by atoms with Gasteiger partial charge in [0.05, 0.1) is 0 Å². The van der Waals surface area contributed by atoms with Crippen molar-refractivity contribution < 1.29 is 14.3 Å². The first-order valence-corrected chi connectivity index (χ1v) is 7.50. The number of aromatic nitrogens is 2. The lowest BCUT2D eigenvalue weighted by molar-refractivity contribution is -0.119. The largest absolute Gasteiger partial charge is 0.452 e. The van der Waals surface area contributed by atoms with Gasteiger partial charge < -0.3 is 15.0 Å². The molecule has 3 N–H and O–H groups in total. The molecule has 1 aromatic carbocycles. The van der Waals surface area contributed by atoms with Crippen molar-refractivity contribution in [1.29, 1.82) is 0 Å². The third-order valence-electron chi connectivity index (χ3n) is 2.84. The fourth-order valence-electron chi connectivity index (χ4n) is 1.72. The van der Waals surface area contributed by atoms with E-state index < -0.39 is 29.7 Å². The van der Waals surface area contributed by atoms with Crippen LogP contribution in [-0.2, 0) is 9.53 Å². The highest BCUT2D eigenvalue weighted by molar-refractivity contribution is 14.1. The normalized spacial score (nSPS) is 10.2. The number of hydrogen-bond donors (Lipinski definition) is 3. The first-order chi connectivity index (χ1) is 10.9. The Kier molecular flexibility index (Phi) is 5.32. The quantitative estimate of drug-likeness (QED) is 0.490. The molecule has 1 aromatic heterocycles. The van der Waals surface area contributed by atoms with Gasteiger partial charge in [-0.1, -0.05) is 0 Å². The molecule has 9 heteroatoms. The van der Waals surface area contributed by atoms with Crippen molar-refractivity contribution in [2.24, 2.45) is 0 Å². The molecule has 2 aromatic rings. The zero-order valence-corrected chi connectivity index (χ0v) is 14.1. The molecule has 23 heavy (non-hydrogen) atoms. The molecule has 0 aliphatic heterocycles. The summed E-state index contributed by atoms with van der Waals surface area (Å²) in [4.78, 5) is 49.8. The van der Waals surface area contributed by atoms with E-state index >= 15 is 0 Å². The number of amides is 1. The van der Waals surface area contributed by atoms with Crippen LogP contribution < -0.4 is 16.6 Å². The maximum absolute atomic E-state index is 11.8. The Balaban J connectivity index is 1.97. The first kappa shape index (κ1) is 16.9. The van der Waals surface area contributed by atoms with Gasteiger partial charge in [-0.05, 0) is 53.3 Å². The van der Waals surface area contributed by atoms with Crippen LogP contribution in [0.4, 0.5) is 5.69 Å². The van der Waals surface area contributed by atoms with Crippen molar-refractivity contribution in [3.63, 3.8) is 0 Å². The second kappa shape index (κ2) is 7.22. The van der Waals surface area contributed by atoms with Crippen LogP contribution in [0.3, 0.4) is 0 Å². The summed E-state index contributed by atoms with van der Waals surface area (Å²) < 4.78 is 5.78. The number of H-pyrrole nitrogens is 2. The molecule has 0 atom stereocenters. The minimum Gasteiger partial charge on any atom is -0.452 e. The number of hydrogen-bond acceptors (Lipinski definition) is 5. The van der Waals surface area contributed by atoms with Crippen LogP contribution in [0.1, 0.15) is 15.9 Å². The molecule has 120 valence electrons. The van der Waals surface area contributed by atoms with E-state index in [2.05, 4.69) is 32.9 Å². The zero-order chi connectivity index (χ0) is 17.0. The standard InChI is InChI=1S/C14H12IN3O5/c1-7-4-8(15)2-3-10(7)17-11(19)6-23-13(21)9-5-16-14(22)18-12(9)20/h2-5H,6H2,1H3,(H,17,19)(H2,16,18,20,22). The molecule has 0 saturated carbocycles. The van der Waals surface area contributed by atoms with E-state index in [1.807, 2.05) is 24.0 Å². The van der Waals surface area contributed by atoms with Crippen molar-refractivity contribution in [2.45, 2.75) is 6.92 Å². The van der Waals surface area contributed by atoms with Gasteiger partial charge in [0.2, 0.25) is 0 Å². The summed E-state index contributed by atoms with van der Waals surface area (Å²) in [5, 5.41) is 2.60. The van der Waals surface area contributed by atoms with Crippen molar-refractivity contribution in [1.82, 2.24) is 9.97 Å². The number of carbonyl (C=O) groups excluding carboxylic acids is 2. The highest BCUT2D eigenvalue weighted by Crippen LogP contribution is 2.17. The smallest absolute Gasteiger partial charge is 0.345 e. The third-order valence-corrected chi connectivity index (χ3v) is 3.51. The van der Waals surface area contributed by atoms with Crippen molar-refractivity contribution in [2.75, 3.05) is 11.9 Å². The van der Waals surface area contributed by atoms with Crippen LogP contribution >= 0.6 is 22.6 Å². The number of carbonyl (C=O) groups is 2. The number of halogens is 1. The van der Waals surface area contributed by atoms with E-state index in [1.54, 1.807) is 6.07 Å². The summed E-state index contributed by atoms with van der Waals surface area (Å²) in [6.45, 7) is 1.28. The number of nitrogens with one attached hydrogen (secondary N) is 3. The van der Waals surface area contributed by atoms with Gasteiger partial charge in [0.25, 0.3) is 11.5 Å². The number of ether oxygens (including phenoxy) is 1. The number of rotatable bonds is 4. The minimum absolute atomic E-state index is 0.386. The Labute approximate surface area is 143 Å². The monoisotopic (exact) mass is 429 g/mol. The molecular formula is C14H12IN3O5. The highest BCUT2D eigenvalue weighted by atomic mass is 127. The maximum Gasteiger partial charge on any atom is 0.345 e. The van der Waals surface area contributed by atoms with Crippen LogP contribution in [0.15, 0.2) is 34.0 Å². The van der Waals surface area contributed by atoms with Crippen LogP contribution in [0, 0.1) is 10.5 Å². The molecule has 2 rings (SSSR count). The highest BCUT2D eigenvalue weighted by Gasteiger charge is 2.14. The number of aryl methyl sites for hydroxylation is 1. The van der Waals surface area contributed by atoms with Crippen LogP contribution in [0.2, 0.25) is 0 Å². The molecule has 0 bridgehead atoms. The molecular weight excluding hydrogens is 417 g/mol. The van der Waals surface area contributed by atoms with Gasteiger partial charge in [-0.25, -0.2) is 9.59 Å². The Morgan fingerprint density at radius 2 is 2.04 bits per heavy atom. The average molecular weight is 429 g/mol. The lowest BCUT2D eigenvalue weighted by atomic mass is 10.2. The Bertz CT molecular complexity index is 871. The fraction of sp³-hybridized carbons (Fsp3) is 0.143. The lowest BCUT2D eigenvalue weighted by Crippen LogP contribution is -2.29. The summed E-state index contributed by atoms with van der Waals surface area (Å²) in [6, 6.07) is 5.46. The fourth-order valence-corrected chi connectivity index (χ4v) is 2.37. The van der Waals surface area contributed by atoms with E-state index in [1.165, 1.54) is 0 Å². The van der Waals surface area contributed by atoms with Gasteiger partial charge in [-0.3, -0.25) is 14.6 Å². The van der Waals surface area contributed by atoms with Crippen LogP contribution in [0.25, 0.3) is 0 Å². The maximum atomic E-state index is 11.8. The molecule has 0 aliphatic carbocycles. The van der Waals surface area contributed by atoms with Gasteiger partial charge >= 0.3 is 11.7 Å². The second-order valence-electron chi connectivity index (χ2n) is 4.57. The first-order valence-electron chi connectivity index (χ1n) is 6.42. The molecule has 1 heterocycles. The van der Waals surface area contributed by atoms with E-state index in [-0.39, 0.29) is 5.56 Å². The summed E-state index contributed by atoms with van der Waals surface area (Å²) in [6.07, 6.45) is 0.935. The van der Waals surface area contributed by atoms with Gasteiger partial charge in [-0.15, -0.1) is 0 Å². The van der Waals surface area contributed by atoms with E-state index in [4.69, 9.17) is 4.74 Å². The van der Waals surface area contributed by atoms with Gasteiger partial charge in [0.1, 0.15) is 5.56 Å². The summed E-state index contributed by atoms with van der Waals surface area (Å²) in [7, 11) is 0. The predicted octanol–water partition coefficient (Wildman–Crippen LogP) is 0.772. The Morgan fingerprint density at radius 1 is 1.30 bits per heavy atom. The van der Waals surface area contributed by atoms with Crippen molar-refractivity contribution in [3.05, 3.63) is 59.9 Å². The van der Waals surface area contributed by atoms with Crippen molar-refractivity contribution >= 4 is 40.2 Å². The predicted molar refractivity (Wildman–Crippen MR) is 90.5 cm³/mol. The summed E-state index contributed by atoms with van der Waals surface area (Å²) in [5.41, 5.74) is -0.532. The third kappa shape index (κ3) is 4.52. The summed E-state index contributed by atoms with van der Waals surface area (Å²) >= 11 is 2.15. The SMILES string of the molecule is Cc1cc(I)ccc1NC(=O)COC(=O)c1c[nH]c(=O)[nH]c1=O. The number of aromatic amines is 2. The second-order valence-corrected chi connectivity index (χ2v) is 5.81. The van der Waals surface area contributed by atoms with E-state index in [9.17, 15) is 19.2 Å². The topological polar surface area (TPSA) is 121 Å². The molecule has 8 nitrogen and oxygen atoms in total. The van der Waals surface area contributed by atoms with Crippen LogP contribution in [0.5, 0.6) is 0 Å². The van der Waals surface area contributed by atoms with E-state index in [0.29, 0.717) is 5.69 Å². The van der Waals surface area contributed by atoms with Gasteiger partial charge in [-0.2, -0.15) is 0 Å². The van der Waals surface area contributed by atoms with Gasteiger partial charge in [0, 0.05) is 15.5 Å². The molecule has 0 saturated heterocycles. The number of benzene rings is 1. The number of esters is 1. The average Bonchev–Trinajstić information content (AvgIpc) is 2.48. The minimum atomic E-state index is -1.00. The Morgan fingerprint density at radius 3 is 2.70 bits per heavy atom. The summed E-state index contributed by atoms with van der Waals surface area (Å²) in [5.74, 6) is -1.54.